The molecule has 2 nitrogen and oxygen atoms in total. The Morgan fingerprint density at radius 1 is 1.27 bits per heavy atom. The van der Waals surface area contributed by atoms with Crippen LogP contribution in [0.2, 0.25) is 0 Å². The molecule has 0 unspecified atom stereocenters. The van der Waals surface area contributed by atoms with Crippen molar-refractivity contribution in [1.82, 2.24) is 4.42 Å². The average molecular weight is 226 g/mol. The molecular weight excluding hydrogens is 210 g/mol. The van der Waals surface area contributed by atoms with Gasteiger partial charge in [0, 0.05) is 17.2 Å². The first kappa shape index (κ1) is 12.1. The summed E-state index contributed by atoms with van der Waals surface area (Å²) in [5.41, 5.74) is 0.599. The van der Waals surface area contributed by atoms with E-state index in [9.17, 15) is 4.79 Å². The molecule has 0 spiro atoms. The molecule has 15 heavy (non-hydrogen) atoms. The molecule has 1 aromatic carbocycles. The normalized spacial score (nSPS) is 11.2. The molecule has 1 rings (SSSR count). The molecule has 3 heteroatoms. The third-order valence-electron chi connectivity index (χ3n) is 2.03. The SMILES string of the molecule is CC(C)(C)C(=O)N(Cl)Cc1ccccc1. The van der Waals surface area contributed by atoms with Gasteiger partial charge in [0.25, 0.3) is 0 Å². The van der Waals surface area contributed by atoms with Gasteiger partial charge in [-0.15, -0.1) is 0 Å². The van der Waals surface area contributed by atoms with E-state index in [1.54, 1.807) is 0 Å². The zero-order valence-corrected chi connectivity index (χ0v) is 10.1. The summed E-state index contributed by atoms with van der Waals surface area (Å²) in [5.74, 6) is -0.0620. The van der Waals surface area contributed by atoms with E-state index in [0.29, 0.717) is 6.54 Å². The summed E-state index contributed by atoms with van der Waals surface area (Å²) in [6.45, 7) is 6.01. The van der Waals surface area contributed by atoms with Crippen LogP contribution in [-0.4, -0.2) is 10.3 Å². The first-order valence-corrected chi connectivity index (χ1v) is 5.27. The number of rotatable bonds is 2. The Hall–Kier alpha value is -1.02. The Bertz CT molecular complexity index is 329. The van der Waals surface area contributed by atoms with Gasteiger partial charge >= 0.3 is 0 Å². The number of hydrogen-bond acceptors (Lipinski definition) is 1. The van der Waals surface area contributed by atoms with E-state index in [0.717, 1.165) is 5.56 Å². The summed E-state index contributed by atoms with van der Waals surface area (Å²) < 4.78 is 1.25. The summed E-state index contributed by atoms with van der Waals surface area (Å²) in [4.78, 5) is 11.8. The van der Waals surface area contributed by atoms with Crippen LogP contribution in [0, 0.1) is 5.41 Å². The van der Waals surface area contributed by atoms with E-state index in [4.69, 9.17) is 11.8 Å². The van der Waals surface area contributed by atoms with Crippen LogP contribution in [0.3, 0.4) is 0 Å². The average Bonchev–Trinajstić information content (AvgIpc) is 2.16. The van der Waals surface area contributed by atoms with E-state index < -0.39 is 5.41 Å². The van der Waals surface area contributed by atoms with E-state index in [1.807, 2.05) is 51.1 Å². The van der Waals surface area contributed by atoms with Crippen molar-refractivity contribution >= 4 is 17.7 Å². The molecule has 82 valence electrons. The highest BCUT2D eigenvalue weighted by molar-refractivity contribution is 6.21. The number of benzene rings is 1. The summed E-state index contributed by atoms with van der Waals surface area (Å²) >= 11 is 5.93. The minimum Gasteiger partial charge on any atom is -0.273 e. The summed E-state index contributed by atoms with van der Waals surface area (Å²) in [6.07, 6.45) is 0. The van der Waals surface area contributed by atoms with Crippen molar-refractivity contribution in [2.24, 2.45) is 5.41 Å². The zero-order valence-electron chi connectivity index (χ0n) is 9.33. The first-order chi connectivity index (χ1) is 6.91. The predicted octanol–water partition coefficient (Wildman–Crippen LogP) is 3.22. The number of carbonyl (C=O) groups excluding carboxylic acids is 1. The largest absolute Gasteiger partial charge is 0.273 e. The van der Waals surface area contributed by atoms with E-state index in [1.165, 1.54) is 4.42 Å². The molecule has 0 aliphatic carbocycles. The van der Waals surface area contributed by atoms with Gasteiger partial charge in [0.2, 0.25) is 5.91 Å². The van der Waals surface area contributed by atoms with Gasteiger partial charge in [-0.2, -0.15) is 0 Å². The minimum atomic E-state index is -0.434. The first-order valence-electron chi connectivity index (χ1n) is 4.93. The molecule has 0 saturated heterocycles. The van der Waals surface area contributed by atoms with Crippen LogP contribution in [-0.2, 0) is 11.3 Å². The quantitative estimate of drug-likeness (QED) is 0.708. The maximum Gasteiger partial charge on any atom is 0.242 e. The molecule has 0 aliphatic heterocycles. The molecule has 0 saturated carbocycles. The molecule has 0 fully saturated rings. The standard InChI is InChI=1S/C12H16ClNO/c1-12(2,3)11(15)14(13)9-10-7-5-4-6-8-10/h4-8H,9H2,1-3H3. The summed E-state index contributed by atoms with van der Waals surface area (Å²) in [7, 11) is 0. The molecule has 0 aromatic heterocycles. The predicted molar refractivity (Wildman–Crippen MR) is 62.3 cm³/mol. The lowest BCUT2D eigenvalue weighted by atomic mass is 9.95. The fourth-order valence-electron chi connectivity index (χ4n) is 1.18. The van der Waals surface area contributed by atoms with Crippen LogP contribution in [0.15, 0.2) is 30.3 Å². The van der Waals surface area contributed by atoms with Gasteiger partial charge in [0.15, 0.2) is 0 Å². The number of nitrogens with zero attached hydrogens (tertiary/aromatic N) is 1. The molecule has 0 N–H and O–H groups in total. The van der Waals surface area contributed by atoms with Gasteiger partial charge < -0.3 is 0 Å². The van der Waals surface area contributed by atoms with Crippen molar-refractivity contribution in [3.05, 3.63) is 35.9 Å². The van der Waals surface area contributed by atoms with Gasteiger partial charge in [0.05, 0.1) is 6.54 Å². The lowest BCUT2D eigenvalue weighted by Gasteiger charge is -2.23. The topological polar surface area (TPSA) is 20.3 Å². The lowest BCUT2D eigenvalue weighted by Crippen LogP contribution is -2.32. The molecule has 1 aromatic rings. The Labute approximate surface area is 96.0 Å². The fourth-order valence-corrected chi connectivity index (χ4v) is 1.57. The Balaban J connectivity index is 2.65. The number of carbonyl (C=O) groups is 1. The van der Waals surface area contributed by atoms with Crippen molar-refractivity contribution in [2.45, 2.75) is 27.3 Å². The molecule has 0 radical (unpaired) electrons. The molecule has 0 heterocycles. The third-order valence-corrected chi connectivity index (χ3v) is 2.30. The highest BCUT2D eigenvalue weighted by Crippen LogP contribution is 2.20. The third kappa shape index (κ3) is 3.56. The number of amides is 1. The summed E-state index contributed by atoms with van der Waals surface area (Å²) in [6, 6.07) is 9.70. The van der Waals surface area contributed by atoms with Crippen molar-refractivity contribution in [3.63, 3.8) is 0 Å². The van der Waals surface area contributed by atoms with Crippen LogP contribution < -0.4 is 0 Å². The van der Waals surface area contributed by atoms with Crippen molar-refractivity contribution in [3.8, 4) is 0 Å². The molecule has 0 atom stereocenters. The van der Waals surface area contributed by atoms with Gasteiger partial charge in [0.1, 0.15) is 0 Å². The number of halogens is 1. The van der Waals surface area contributed by atoms with Crippen molar-refractivity contribution < 1.29 is 4.79 Å². The highest BCUT2D eigenvalue weighted by atomic mass is 35.5. The van der Waals surface area contributed by atoms with Gasteiger partial charge in [-0.05, 0) is 5.56 Å². The monoisotopic (exact) mass is 225 g/mol. The van der Waals surface area contributed by atoms with Crippen molar-refractivity contribution in [2.75, 3.05) is 0 Å². The van der Waals surface area contributed by atoms with Crippen LogP contribution in [0.1, 0.15) is 26.3 Å². The maximum atomic E-state index is 11.8. The molecular formula is C12H16ClNO. The Morgan fingerprint density at radius 3 is 2.27 bits per heavy atom. The van der Waals surface area contributed by atoms with Gasteiger partial charge in [-0.1, -0.05) is 51.1 Å². The zero-order chi connectivity index (χ0) is 11.5. The van der Waals surface area contributed by atoms with Gasteiger partial charge in [-0.25, -0.2) is 4.42 Å². The minimum absolute atomic E-state index is 0.0620. The Morgan fingerprint density at radius 2 is 1.80 bits per heavy atom. The molecule has 0 bridgehead atoms. The second kappa shape index (κ2) is 4.67. The van der Waals surface area contributed by atoms with Crippen LogP contribution in [0.4, 0.5) is 0 Å². The van der Waals surface area contributed by atoms with Gasteiger partial charge in [-0.3, -0.25) is 4.79 Å². The van der Waals surface area contributed by atoms with E-state index >= 15 is 0 Å². The second-order valence-electron chi connectivity index (χ2n) is 4.56. The number of hydrogen-bond donors (Lipinski definition) is 0. The smallest absolute Gasteiger partial charge is 0.242 e. The highest BCUT2D eigenvalue weighted by Gasteiger charge is 2.26. The van der Waals surface area contributed by atoms with E-state index in [2.05, 4.69) is 0 Å². The molecule has 1 amide bonds. The summed E-state index contributed by atoms with van der Waals surface area (Å²) in [5, 5.41) is 0. The van der Waals surface area contributed by atoms with E-state index in [-0.39, 0.29) is 5.91 Å². The Kier molecular flexibility index (Phi) is 3.75. The molecule has 0 aliphatic rings. The second-order valence-corrected chi connectivity index (χ2v) is 4.97. The maximum absolute atomic E-state index is 11.8. The van der Waals surface area contributed by atoms with Crippen LogP contribution >= 0.6 is 11.8 Å². The van der Waals surface area contributed by atoms with Crippen LogP contribution in [0.5, 0.6) is 0 Å². The van der Waals surface area contributed by atoms with Crippen LogP contribution in [0.25, 0.3) is 0 Å². The van der Waals surface area contributed by atoms with Crippen molar-refractivity contribution in [1.29, 1.82) is 0 Å². The fraction of sp³-hybridized carbons (Fsp3) is 0.417. The lowest BCUT2D eigenvalue weighted by molar-refractivity contribution is -0.134.